The molecule has 1 amide bonds. The second kappa shape index (κ2) is 7.36. The molecule has 0 bridgehead atoms. The predicted octanol–water partition coefficient (Wildman–Crippen LogP) is 1.55. The highest BCUT2D eigenvalue weighted by molar-refractivity contribution is 6.05. The Kier molecular flexibility index (Phi) is 5.41. The van der Waals surface area contributed by atoms with Gasteiger partial charge >= 0.3 is 0 Å². The van der Waals surface area contributed by atoms with Crippen LogP contribution in [0.2, 0.25) is 0 Å². The number of hydrogen-bond donors (Lipinski definition) is 2. The number of aliphatic hydroxyl groups excluding tert-OH is 1. The monoisotopic (exact) mass is 358 g/mol. The minimum atomic E-state index is -1.82. The number of carbonyl (C=O) groups excluding carboxylic acids is 2. The number of nitrogens with zero attached hydrogens (tertiary/aromatic N) is 3. The van der Waals surface area contributed by atoms with Crippen LogP contribution >= 0.6 is 0 Å². The van der Waals surface area contributed by atoms with Gasteiger partial charge < -0.3 is 10.4 Å². The molecule has 0 spiro atoms. The van der Waals surface area contributed by atoms with Crippen LogP contribution in [0.1, 0.15) is 43.1 Å². The molecule has 1 unspecified atom stereocenters. The summed E-state index contributed by atoms with van der Waals surface area (Å²) in [5, 5.41) is 23.6. The summed E-state index contributed by atoms with van der Waals surface area (Å²) in [6.07, 6.45) is 2.07. The molecule has 136 valence electrons. The Morgan fingerprint density at radius 2 is 1.69 bits per heavy atom. The molecule has 0 aliphatic carbocycles. The molecule has 0 aliphatic heterocycles. The van der Waals surface area contributed by atoms with E-state index < -0.39 is 22.8 Å². The summed E-state index contributed by atoms with van der Waals surface area (Å²) in [6, 6.07) is 0. The highest BCUT2D eigenvalue weighted by atomic mass is 16.6. The van der Waals surface area contributed by atoms with Crippen LogP contribution in [0, 0.1) is 37.8 Å². The van der Waals surface area contributed by atoms with Crippen molar-refractivity contribution in [1.82, 2.24) is 15.3 Å². The van der Waals surface area contributed by atoms with Crippen LogP contribution in [0.3, 0.4) is 0 Å². The van der Waals surface area contributed by atoms with Gasteiger partial charge in [0.15, 0.2) is 6.23 Å². The molecule has 9 nitrogen and oxygen atoms in total. The van der Waals surface area contributed by atoms with Crippen molar-refractivity contribution in [3.8, 4) is 0 Å². The lowest BCUT2D eigenvalue weighted by Gasteiger charge is -2.18. The average Bonchev–Trinajstić information content (AvgIpc) is 2.60. The molecule has 1 aromatic carbocycles. The number of Topliss-reactive ketones (excluding diaryl/α,β-unsaturated/α-hetero) is 1. The zero-order valence-electron chi connectivity index (χ0n) is 14.7. The van der Waals surface area contributed by atoms with E-state index in [1.54, 1.807) is 27.7 Å². The number of aromatic nitrogens is 2. The number of nitro groups is 1. The normalized spacial score (nSPS) is 11.7. The van der Waals surface area contributed by atoms with Gasteiger partial charge in [0.2, 0.25) is 5.78 Å². The molecule has 0 aliphatic rings. The summed E-state index contributed by atoms with van der Waals surface area (Å²) in [5.41, 5.74) is 1.49. The van der Waals surface area contributed by atoms with Gasteiger partial charge in [-0.2, -0.15) is 0 Å². The van der Waals surface area contributed by atoms with Gasteiger partial charge in [-0.15, -0.1) is 0 Å². The van der Waals surface area contributed by atoms with Crippen LogP contribution in [0.25, 0.3) is 0 Å². The fourth-order valence-electron chi connectivity index (χ4n) is 2.75. The van der Waals surface area contributed by atoms with E-state index >= 15 is 0 Å². The number of amides is 1. The van der Waals surface area contributed by atoms with E-state index in [0.29, 0.717) is 22.3 Å². The first kappa shape index (κ1) is 19.1. The van der Waals surface area contributed by atoms with Crippen molar-refractivity contribution in [2.24, 2.45) is 0 Å². The molecule has 1 heterocycles. The SMILES string of the molecule is Cc1c(C)c([N+](=O)[O-])c(C)c(C)c1C(=O)C(O)NC(=O)c1cnccn1. The van der Waals surface area contributed by atoms with E-state index in [-0.39, 0.29) is 16.9 Å². The Bertz CT molecular complexity index is 867. The first-order chi connectivity index (χ1) is 12.2. The summed E-state index contributed by atoms with van der Waals surface area (Å²) < 4.78 is 0. The third kappa shape index (κ3) is 3.42. The van der Waals surface area contributed by atoms with Gasteiger partial charge in [-0.05, 0) is 38.8 Å². The Morgan fingerprint density at radius 3 is 2.15 bits per heavy atom. The molecule has 0 saturated heterocycles. The van der Waals surface area contributed by atoms with E-state index in [2.05, 4.69) is 15.3 Å². The Balaban J connectivity index is 2.38. The van der Waals surface area contributed by atoms with Crippen LogP contribution in [0.5, 0.6) is 0 Å². The molecule has 0 fully saturated rings. The lowest BCUT2D eigenvalue weighted by molar-refractivity contribution is -0.386. The Hall–Kier alpha value is -3.20. The first-order valence-corrected chi connectivity index (χ1v) is 7.70. The fourth-order valence-corrected chi connectivity index (χ4v) is 2.75. The molecule has 0 radical (unpaired) electrons. The highest BCUT2D eigenvalue weighted by Crippen LogP contribution is 2.32. The number of aliphatic hydroxyl groups is 1. The molecule has 2 aromatic rings. The molecule has 2 N–H and O–H groups in total. The molecule has 0 saturated carbocycles. The highest BCUT2D eigenvalue weighted by Gasteiger charge is 2.29. The van der Waals surface area contributed by atoms with Crippen molar-refractivity contribution < 1.29 is 19.6 Å². The Labute approximate surface area is 149 Å². The minimum absolute atomic E-state index is 0.0520. The molecular weight excluding hydrogens is 340 g/mol. The first-order valence-electron chi connectivity index (χ1n) is 7.70. The second-order valence-corrected chi connectivity index (χ2v) is 5.81. The number of benzene rings is 1. The summed E-state index contributed by atoms with van der Waals surface area (Å²) in [4.78, 5) is 43.0. The largest absolute Gasteiger partial charge is 0.367 e. The summed E-state index contributed by atoms with van der Waals surface area (Å²) in [6.45, 7) is 6.22. The van der Waals surface area contributed by atoms with E-state index in [4.69, 9.17) is 0 Å². The quantitative estimate of drug-likeness (QED) is 0.358. The standard InChI is InChI=1S/C17H18N4O5/c1-8-10(3)14(21(25)26)11(4)9(2)13(8)15(22)17(24)20-16(23)12-7-18-5-6-19-12/h5-7,17,24H,1-4H3,(H,20,23). The van der Waals surface area contributed by atoms with Crippen LogP contribution in [0.4, 0.5) is 5.69 Å². The van der Waals surface area contributed by atoms with E-state index in [1.807, 2.05) is 0 Å². The Morgan fingerprint density at radius 1 is 1.12 bits per heavy atom. The smallest absolute Gasteiger partial charge is 0.275 e. The average molecular weight is 358 g/mol. The van der Waals surface area contributed by atoms with Gasteiger partial charge in [-0.3, -0.25) is 24.7 Å². The number of carbonyl (C=O) groups is 2. The maximum absolute atomic E-state index is 12.7. The van der Waals surface area contributed by atoms with Gasteiger partial charge in [-0.25, -0.2) is 4.98 Å². The third-order valence-corrected chi connectivity index (χ3v) is 4.33. The van der Waals surface area contributed by atoms with Gasteiger partial charge in [0.05, 0.1) is 11.1 Å². The third-order valence-electron chi connectivity index (χ3n) is 4.33. The second-order valence-electron chi connectivity index (χ2n) is 5.81. The van der Waals surface area contributed by atoms with Crippen molar-refractivity contribution in [2.75, 3.05) is 0 Å². The molecule has 2 rings (SSSR count). The maximum Gasteiger partial charge on any atom is 0.275 e. The van der Waals surface area contributed by atoms with E-state index in [9.17, 15) is 24.8 Å². The number of hydrogen-bond acceptors (Lipinski definition) is 7. The summed E-state index contributed by atoms with van der Waals surface area (Å²) >= 11 is 0. The minimum Gasteiger partial charge on any atom is -0.367 e. The van der Waals surface area contributed by atoms with Crippen molar-refractivity contribution in [1.29, 1.82) is 0 Å². The lowest BCUT2D eigenvalue weighted by atomic mass is 9.89. The predicted molar refractivity (Wildman–Crippen MR) is 91.9 cm³/mol. The molecule has 1 atom stereocenters. The van der Waals surface area contributed by atoms with Crippen LogP contribution in [-0.2, 0) is 0 Å². The summed E-state index contributed by atoms with van der Waals surface area (Å²) in [5.74, 6) is -1.51. The number of ketones is 1. The van der Waals surface area contributed by atoms with Gasteiger partial charge in [0.25, 0.3) is 11.6 Å². The number of nitrogens with one attached hydrogen (secondary N) is 1. The van der Waals surface area contributed by atoms with Crippen LogP contribution in [-0.4, -0.2) is 37.9 Å². The van der Waals surface area contributed by atoms with E-state index in [1.165, 1.54) is 18.6 Å². The number of rotatable bonds is 5. The van der Waals surface area contributed by atoms with Crippen molar-refractivity contribution >= 4 is 17.4 Å². The molecule has 1 aromatic heterocycles. The van der Waals surface area contributed by atoms with Crippen molar-refractivity contribution in [3.05, 3.63) is 62.2 Å². The summed E-state index contributed by atoms with van der Waals surface area (Å²) in [7, 11) is 0. The molecule has 9 heteroatoms. The number of nitro benzene ring substituents is 1. The van der Waals surface area contributed by atoms with Gasteiger partial charge in [0.1, 0.15) is 5.69 Å². The van der Waals surface area contributed by atoms with E-state index in [0.717, 1.165) is 0 Å². The van der Waals surface area contributed by atoms with Crippen LogP contribution < -0.4 is 5.32 Å². The fraction of sp³-hybridized carbons (Fsp3) is 0.294. The lowest BCUT2D eigenvalue weighted by Crippen LogP contribution is -2.41. The molecular formula is C17H18N4O5. The van der Waals surface area contributed by atoms with Crippen LogP contribution in [0.15, 0.2) is 18.6 Å². The zero-order valence-corrected chi connectivity index (χ0v) is 14.7. The van der Waals surface area contributed by atoms with Crippen molar-refractivity contribution in [2.45, 2.75) is 33.9 Å². The van der Waals surface area contributed by atoms with Gasteiger partial charge in [0, 0.05) is 29.1 Å². The van der Waals surface area contributed by atoms with Crippen molar-refractivity contribution in [3.63, 3.8) is 0 Å². The zero-order chi connectivity index (χ0) is 19.6. The van der Waals surface area contributed by atoms with Gasteiger partial charge in [-0.1, -0.05) is 0 Å². The topological polar surface area (TPSA) is 135 Å². The maximum atomic E-state index is 12.7. The molecule has 26 heavy (non-hydrogen) atoms.